The van der Waals surface area contributed by atoms with Gasteiger partial charge in [-0.2, -0.15) is 13.2 Å². The lowest BCUT2D eigenvalue weighted by Gasteiger charge is -2.18. The van der Waals surface area contributed by atoms with Crippen molar-refractivity contribution >= 4 is 17.6 Å². The molecule has 0 atom stereocenters. The molecule has 1 aliphatic carbocycles. The topological polar surface area (TPSA) is 66.2 Å². The standard InChI is InChI=1S/C17H17ClF3N3O3/c1-2-26-15(25)11-3-4-12(22-14(11)18)24-9-5-13(23-24)27-10-8-16(6-7-16)17(19,20)21/h3-5,9H,2,6-8,10H2,1H3. The first-order valence-electron chi connectivity index (χ1n) is 8.35. The Kier molecular flexibility index (Phi) is 5.32. The number of esters is 1. The summed E-state index contributed by atoms with van der Waals surface area (Å²) < 4.78 is 50.2. The molecule has 0 bridgehead atoms. The number of hydrogen-bond donors (Lipinski definition) is 0. The zero-order chi connectivity index (χ0) is 19.7. The molecule has 0 spiro atoms. The highest BCUT2D eigenvalue weighted by atomic mass is 35.5. The molecule has 0 N–H and O–H groups in total. The molecule has 1 fully saturated rings. The van der Waals surface area contributed by atoms with Gasteiger partial charge in [0, 0.05) is 12.3 Å². The molecular formula is C17H17ClF3N3O3. The van der Waals surface area contributed by atoms with E-state index in [0.717, 1.165) is 0 Å². The first kappa shape index (κ1) is 19.5. The first-order valence-corrected chi connectivity index (χ1v) is 8.73. The molecule has 1 saturated carbocycles. The minimum absolute atomic E-state index is 0.0372. The van der Waals surface area contributed by atoms with Gasteiger partial charge in [0.1, 0.15) is 5.15 Å². The Morgan fingerprint density at radius 1 is 1.33 bits per heavy atom. The SMILES string of the molecule is CCOC(=O)c1ccc(-n2ccc(OCCC3(C(F)(F)F)CC3)n2)nc1Cl. The van der Waals surface area contributed by atoms with Crippen LogP contribution in [0.2, 0.25) is 5.15 Å². The van der Waals surface area contributed by atoms with Gasteiger partial charge < -0.3 is 9.47 Å². The summed E-state index contributed by atoms with van der Waals surface area (Å²) in [5.41, 5.74) is -1.47. The summed E-state index contributed by atoms with van der Waals surface area (Å²) in [4.78, 5) is 15.8. The number of pyridine rings is 1. The molecule has 0 radical (unpaired) electrons. The van der Waals surface area contributed by atoms with Crippen LogP contribution in [-0.2, 0) is 4.74 Å². The van der Waals surface area contributed by atoms with Crippen molar-refractivity contribution in [2.75, 3.05) is 13.2 Å². The molecule has 10 heteroatoms. The van der Waals surface area contributed by atoms with Crippen molar-refractivity contribution in [2.45, 2.75) is 32.4 Å². The van der Waals surface area contributed by atoms with Crippen LogP contribution in [0.3, 0.4) is 0 Å². The molecule has 2 aromatic rings. The molecule has 0 saturated heterocycles. The molecule has 3 rings (SSSR count). The smallest absolute Gasteiger partial charge is 0.394 e. The van der Waals surface area contributed by atoms with Gasteiger partial charge in [0.25, 0.3) is 0 Å². The van der Waals surface area contributed by atoms with E-state index >= 15 is 0 Å². The Morgan fingerprint density at radius 2 is 2.07 bits per heavy atom. The molecule has 0 aliphatic heterocycles. The normalized spacial score (nSPS) is 15.4. The van der Waals surface area contributed by atoms with Crippen LogP contribution in [0.5, 0.6) is 5.88 Å². The van der Waals surface area contributed by atoms with Crippen molar-refractivity contribution in [3.63, 3.8) is 0 Å². The van der Waals surface area contributed by atoms with E-state index in [1.165, 1.54) is 29.1 Å². The lowest BCUT2D eigenvalue weighted by molar-refractivity contribution is -0.190. The minimum Gasteiger partial charge on any atom is -0.477 e. The van der Waals surface area contributed by atoms with Crippen LogP contribution in [0.25, 0.3) is 5.82 Å². The van der Waals surface area contributed by atoms with Gasteiger partial charge in [0.05, 0.1) is 24.2 Å². The molecule has 2 aromatic heterocycles. The van der Waals surface area contributed by atoms with Gasteiger partial charge >= 0.3 is 12.1 Å². The Labute approximate surface area is 158 Å². The second-order valence-electron chi connectivity index (χ2n) is 6.20. The summed E-state index contributed by atoms with van der Waals surface area (Å²) in [7, 11) is 0. The molecule has 0 unspecified atom stereocenters. The van der Waals surface area contributed by atoms with E-state index < -0.39 is 17.6 Å². The third-order valence-corrected chi connectivity index (χ3v) is 4.70. The highest BCUT2D eigenvalue weighted by Crippen LogP contribution is 2.59. The summed E-state index contributed by atoms with van der Waals surface area (Å²) in [5.74, 6) is -0.0677. The van der Waals surface area contributed by atoms with E-state index in [-0.39, 0.29) is 49.1 Å². The second kappa shape index (κ2) is 7.38. The fourth-order valence-electron chi connectivity index (χ4n) is 2.60. The maximum atomic E-state index is 12.9. The summed E-state index contributed by atoms with van der Waals surface area (Å²) in [5, 5.41) is 4.07. The summed E-state index contributed by atoms with van der Waals surface area (Å²) in [6, 6.07) is 4.50. The Balaban J connectivity index is 1.62. The van der Waals surface area contributed by atoms with Crippen LogP contribution in [0.15, 0.2) is 24.4 Å². The molecule has 6 nitrogen and oxygen atoms in total. The number of ether oxygens (including phenoxy) is 2. The van der Waals surface area contributed by atoms with E-state index in [1.807, 2.05) is 0 Å². The number of carbonyl (C=O) groups excluding carboxylic acids is 1. The number of alkyl halides is 3. The second-order valence-corrected chi connectivity index (χ2v) is 6.56. The Morgan fingerprint density at radius 3 is 2.67 bits per heavy atom. The zero-order valence-electron chi connectivity index (χ0n) is 14.4. The van der Waals surface area contributed by atoms with E-state index in [2.05, 4.69) is 10.1 Å². The van der Waals surface area contributed by atoms with Gasteiger partial charge in [0.15, 0.2) is 5.82 Å². The highest BCUT2D eigenvalue weighted by molar-refractivity contribution is 6.32. The lowest BCUT2D eigenvalue weighted by Crippen LogP contribution is -2.26. The van der Waals surface area contributed by atoms with E-state index in [1.54, 1.807) is 6.92 Å². The van der Waals surface area contributed by atoms with Crippen molar-refractivity contribution < 1.29 is 27.4 Å². The number of aromatic nitrogens is 3. The van der Waals surface area contributed by atoms with E-state index in [9.17, 15) is 18.0 Å². The van der Waals surface area contributed by atoms with Gasteiger partial charge in [-0.25, -0.2) is 14.5 Å². The lowest BCUT2D eigenvalue weighted by atomic mass is 10.0. The predicted octanol–water partition coefficient (Wildman–Crippen LogP) is 4.21. The highest BCUT2D eigenvalue weighted by Gasteiger charge is 2.62. The summed E-state index contributed by atoms with van der Waals surface area (Å²) in [6.45, 7) is 1.82. The quantitative estimate of drug-likeness (QED) is 0.512. The van der Waals surface area contributed by atoms with Gasteiger partial charge in [0.2, 0.25) is 5.88 Å². The zero-order valence-corrected chi connectivity index (χ0v) is 15.2. The van der Waals surface area contributed by atoms with E-state index in [0.29, 0.717) is 5.82 Å². The maximum Gasteiger partial charge on any atom is 0.394 e. The average molecular weight is 404 g/mol. The average Bonchev–Trinajstić information content (AvgIpc) is 3.25. The van der Waals surface area contributed by atoms with Gasteiger partial charge in [-0.15, -0.1) is 5.10 Å². The molecule has 2 heterocycles. The summed E-state index contributed by atoms with van der Waals surface area (Å²) >= 11 is 6.01. The largest absolute Gasteiger partial charge is 0.477 e. The van der Waals surface area contributed by atoms with Crippen molar-refractivity contribution in [1.29, 1.82) is 0 Å². The number of nitrogens with zero attached hydrogens (tertiary/aromatic N) is 3. The van der Waals surface area contributed by atoms with Crippen molar-refractivity contribution in [3.05, 3.63) is 35.1 Å². The van der Waals surface area contributed by atoms with Crippen molar-refractivity contribution in [2.24, 2.45) is 5.41 Å². The summed E-state index contributed by atoms with van der Waals surface area (Å²) in [6.07, 6.45) is -2.47. The van der Waals surface area contributed by atoms with Crippen LogP contribution in [0.4, 0.5) is 13.2 Å². The van der Waals surface area contributed by atoms with Crippen LogP contribution >= 0.6 is 11.6 Å². The van der Waals surface area contributed by atoms with Crippen LogP contribution in [0, 0.1) is 5.41 Å². The minimum atomic E-state index is -4.20. The third-order valence-electron chi connectivity index (χ3n) is 4.41. The predicted molar refractivity (Wildman–Crippen MR) is 90.2 cm³/mol. The van der Waals surface area contributed by atoms with Crippen LogP contribution in [0.1, 0.15) is 36.5 Å². The van der Waals surface area contributed by atoms with E-state index in [4.69, 9.17) is 21.1 Å². The van der Waals surface area contributed by atoms with Crippen LogP contribution < -0.4 is 4.74 Å². The molecule has 27 heavy (non-hydrogen) atoms. The fourth-order valence-corrected chi connectivity index (χ4v) is 2.83. The Bertz CT molecular complexity index is 834. The maximum absolute atomic E-state index is 12.9. The number of carbonyl (C=O) groups is 1. The number of rotatable bonds is 7. The van der Waals surface area contributed by atoms with Gasteiger partial charge in [-0.05, 0) is 38.3 Å². The third kappa shape index (κ3) is 4.18. The van der Waals surface area contributed by atoms with Crippen molar-refractivity contribution in [3.8, 4) is 11.7 Å². The van der Waals surface area contributed by atoms with Crippen molar-refractivity contribution in [1.82, 2.24) is 14.8 Å². The molecule has 0 amide bonds. The molecule has 1 aliphatic rings. The molecule has 146 valence electrons. The molecule has 0 aromatic carbocycles. The van der Waals surface area contributed by atoms with Gasteiger partial charge in [-0.1, -0.05) is 11.6 Å². The first-order chi connectivity index (χ1) is 12.8. The number of halogens is 4. The Hall–Kier alpha value is -2.29. The molecular weight excluding hydrogens is 387 g/mol. The fraction of sp³-hybridized carbons (Fsp3) is 0.471. The number of hydrogen-bond acceptors (Lipinski definition) is 5. The van der Waals surface area contributed by atoms with Gasteiger partial charge in [-0.3, -0.25) is 0 Å². The monoisotopic (exact) mass is 403 g/mol. The van der Waals surface area contributed by atoms with Crippen LogP contribution in [-0.4, -0.2) is 40.1 Å².